The summed E-state index contributed by atoms with van der Waals surface area (Å²) in [7, 11) is 0. The summed E-state index contributed by atoms with van der Waals surface area (Å²) in [4.78, 5) is 23.9. The van der Waals surface area contributed by atoms with Crippen molar-refractivity contribution in [3.8, 4) is 5.75 Å². The van der Waals surface area contributed by atoms with Gasteiger partial charge < -0.3 is 14.6 Å². The van der Waals surface area contributed by atoms with Gasteiger partial charge in [0.1, 0.15) is 12.4 Å². The third-order valence-electron chi connectivity index (χ3n) is 4.85. The monoisotopic (exact) mass is 398 g/mol. The van der Waals surface area contributed by atoms with Gasteiger partial charge in [-0.3, -0.25) is 9.59 Å². The number of fused-ring (bicyclic) bond motifs is 1. The molecule has 1 aromatic heterocycles. The molecule has 150 valence electrons. The van der Waals surface area contributed by atoms with Gasteiger partial charge in [-0.1, -0.05) is 36.4 Å². The quantitative estimate of drug-likeness (QED) is 0.443. The highest BCUT2D eigenvalue weighted by molar-refractivity contribution is 5.98. The fourth-order valence-electron chi connectivity index (χ4n) is 3.38. The molecule has 0 spiro atoms. The molecule has 0 aliphatic carbocycles. The number of carbonyl (C=O) groups is 2. The number of amides is 1. The highest BCUT2D eigenvalue weighted by Crippen LogP contribution is 2.27. The van der Waals surface area contributed by atoms with Crippen LogP contribution in [-0.2, 0) is 17.9 Å². The van der Waals surface area contributed by atoms with Gasteiger partial charge in [0.2, 0.25) is 5.91 Å². The Morgan fingerprint density at radius 3 is 2.40 bits per heavy atom. The third-order valence-corrected chi connectivity index (χ3v) is 4.85. The van der Waals surface area contributed by atoms with Crippen molar-refractivity contribution in [1.29, 1.82) is 0 Å². The number of ether oxygens (including phenoxy) is 1. The molecule has 4 rings (SSSR count). The molecule has 0 bridgehead atoms. The zero-order valence-electron chi connectivity index (χ0n) is 16.7. The Kier molecular flexibility index (Phi) is 5.61. The fraction of sp³-hybridized carbons (Fsp3) is 0.120. The Bertz CT molecular complexity index is 1180. The Labute approximate surface area is 174 Å². The smallest absolute Gasteiger partial charge is 0.221 e. The van der Waals surface area contributed by atoms with Crippen molar-refractivity contribution in [3.63, 3.8) is 0 Å². The Morgan fingerprint density at radius 2 is 1.67 bits per heavy atom. The van der Waals surface area contributed by atoms with Crippen molar-refractivity contribution >= 4 is 28.3 Å². The first kappa shape index (κ1) is 19.5. The Balaban J connectivity index is 1.49. The lowest BCUT2D eigenvalue weighted by Crippen LogP contribution is -2.10. The number of nitrogens with zero attached hydrogens (tertiary/aromatic N) is 1. The number of hydrogen-bond acceptors (Lipinski definition) is 3. The highest BCUT2D eigenvalue weighted by Gasteiger charge is 2.11. The molecule has 1 N–H and O–H groups in total. The van der Waals surface area contributed by atoms with Crippen LogP contribution in [0.2, 0.25) is 0 Å². The van der Waals surface area contributed by atoms with E-state index in [1.54, 1.807) is 24.3 Å². The summed E-state index contributed by atoms with van der Waals surface area (Å²) in [5.41, 5.74) is 3.32. The average Bonchev–Trinajstić information content (AvgIpc) is 3.16. The van der Waals surface area contributed by atoms with Crippen molar-refractivity contribution in [1.82, 2.24) is 4.57 Å². The summed E-state index contributed by atoms with van der Waals surface area (Å²) in [5, 5.41) is 3.68. The number of nitrogens with one attached hydrogen (secondary N) is 1. The molecule has 5 heteroatoms. The van der Waals surface area contributed by atoms with E-state index in [1.807, 2.05) is 65.4 Å². The molecular weight excluding hydrogens is 376 g/mol. The molecular formula is C25H22N2O3. The van der Waals surface area contributed by atoms with Crippen LogP contribution in [0.5, 0.6) is 5.75 Å². The topological polar surface area (TPSA) is 60.3 Å². The predicted octanol–water partition coefficient (Wildman–Crippen LogP) is 5.06. The van der Waals surface area contributed by atoms with Gasteiger partial charge in [-0.2, -0.15) is 0 Å². The second kappa shape index (κ2) is 8.66. The van der Waals surface area contributed by atoms with E-state index >= 15 is 0 Å². The SMILES string of the molecule is CC(=O)Nc1ccc(C(=O)Cn2ccc3c(OCc4ccccc4)cccc32)cc1. The van der Waals surface area contributed by atoms with E-state index in [0.29, 0.717) is 17.9 Å². The molecule has 0 aliphatic heterocycles. The lowest BCUT2D eigenvalue weighted by atomic mass is 10.1. The van der Waals surface area contributed by atoms with Crippen LogP contribution in [0, 0.1) is 0 Å². The summed E-state index contributed by atoms with van der Waals surface area (Å²) in [5.74, 6) is 0.651. The number of hydrogen-bond donors (Lipinski definition) is 1. The van der Waals surface area contributed by atoms with Crippen LogP contribution in [-0.4, -0.2) is 16.3 Å². The normalized spacial score (nSPS) is 10.7. The van der Waals surface area contributed by atoms with Crippen LogP contribution in [0.25, 0.3) is 10.9 Å². The summed E-state index contributed by atoms with van der Waals surface area (Å²) < 4.78 is 7.95. The largest absolute Gasteiger partial charge is 0.488 e. The summed E-state index contributed by atoms with van der Waals surface area (Å²) in [6.07, 6.45) is 1.91. The molecule has 1 amide bonds. The number of benzene rings is 3. The van der Waals surface area contributed by atoms with E-state index in [9.17, 15) is 9.59 Å². The second-order valence-corrected chi connectivity index (χ2v) is 7.09. The number of aromatic nitrogens is 1. The van der Waals surface area contributed by atoms with Crippen LogP contribution in [0.4, 0.5) is 5.69 Å². The summed E-state index contributed by atoms with van der Waals surface area (Å²) >= 11 is 0. The van der Waals surface area contributed by atoms with E-state index < -0.39 is 0 Å². The van der Waals surface area contributed by atoms with Gasteiger partial charge in [0.15, 0.2) is 5.78 Å². The van der Waals surface area contributed by atoms with Gasteiger partial charge in [-0.15, -0.1) is 0 Å². The first-order valence-electron chi connectivity index (χ1n) is 9.75. The average molecular weight is 398 g/mol. The van der Waals surface area contributed by atoms with Crippen molar-refractivity contribution in [3.05, 3.63) is 96.2 Å². The maximum absolute atomic E-state index is 12.7. The molecule has 0 fully saturated rings. The van der Waals surface area contributed by atoms with Crippen molar-refractivity contribution in [2.75, 3.05) is 5.32 Å². The van der Waals surface area contributed by atoms with E-state index in [-0.39, 0.29) is 18.2 Å². The zero-order chi connectivity index (χ0) is 20.9. The van der Waals surface area contributed by atoms with Crippen LogP contribution in [0.1, 0.15) is 22.8 Å². The molecule has 0 saturated carbocycles. The molecule has 0 atom stereocenters. The van der Waals surface area contributed by atoms with E-state index in [0.717, 1.165) is 22.2 Å². The summed E-state index contributed by atoms with van der Waals surface area (Å²) in [6, 6.07) is 24.8. The lowest BCUT2D eigenvalue weighted by Gasteiger charge is -2.09. The maximum Gasteiger partial charge on any atom is 0.221 e. The van der Waals surface area contributed by atoms with Gasteiger partial charge >= 0.3 is 0 Å². The van der Waals surface area contributed by atoms with Gasteiger partial charge in [0, 0.05) is 29.8 Å². The molecule has 0 aliphatic rings. The molecule has 5 nitrogen and oxygen atoms in total. The zero-order valence-corrected chi connectivity index (χ0v) is 16.7. The number of Topliss-reactive ketones (excluding diaryl/α,β-unsaturated/α-hetero) is 1. The molecule has 0 radical (unpaired) electrons. The van der Waals surface area contributed by atoms with Crippen molar-refractivity contribution in [2.45, 2.75) is 20.1 Å². The number of ketones is 1. The van der Waals surface area contributed by atoms with E-state index in [4.69, 9.17) is 4.74 Å². The van der Waals surface area contributed by atoms with Crippen LogP contribution < -0.4 is 10.1 Å². The number of rotatable bonds is 7. The molecule has 3 aromatic carbocycles. The predicted molar refractivity (Wildman–Crippen MR) is 118 cm³/mol. The van der Waals surface area contributed by atoms with Crippen molar-refractivity contribution in [2.24, 2.45) is 0 Å². The van der Waals surface area contributed by atoms with Gasteiger partial charge in [-0.05, 0) is 48.0 Å². The van der Waals surface area contributed by atoms with Crippen LogP contribution in [0.15, 0.2) is 85.1 Å². The maximum atomic E-state index is 12.7. The minimum absolute atomic E-state index is 0.00233. The van der Waals surface area contributed by atoms with Crippen LogP contribution >= 0.6 is 0 Å². The third kappa shape index (κ3) is 4.41. The minimum Gasteiger partial charge on any atom is -0.488 e. The lowest BCUT2D eigenvalue weighted by molar-refractivity contribution is -0.114. The molecule has 4 aromatic rings. The van der Waals surface area contributed by atoms with Crippen molar-refractivity contribution < 1.29 is 14.3 Å². The molecule has 0 saturated heterocycles. The first-order valence-corrected chi connectivity index (χ1v) is 9.75. The minimum atomic E-state index is -0.141. The molecule has 1 heterocycles. The Morgan fingerprint density at radius 1 is 0.900 bits per heavy atom. The standard InChI is InChI=1S/C25H22N2O3/c1-18(28)26-21-12-10-20(11-13-21)24(29)16-27-15-14-22-23(27)8-5-9-25(22)30-17-19-6-3-2-4-7-19/h2-15H,16-17H2,1H3,(H,26,28). The van der Waals surface area contributed by atoms with E-state index in [1.165, 1.54) is 6.92 Å². The highest BCUT2D eigenvalue weighted by atomic mass is 16.5. The molecule has 0 unspecified atom stereocenters. The van der Waals surface area contributed by atoms with Gasteiger partial charge in [0.25, 0.3) is 0 Å². The fourth-order valence-corrected chi connectivity index (χ4v) is 3.38. The molecule has 30 heavy (non-hydrogen) atoms. The van der Waals surface area contributed by atoms with Gasteiger partial charge in [-0.25, -0.2) is 0 Å². The van der Waals surface area contributed by atoms with Crippen LogP contribution in [0.3, 0.4) is 0 Å². The first-order chi connectivity index (χ1) is 14.6. The van der Waals surface area contributed by atoms with E-state index in [2.05, 4.69) is 5.32 Å². The number of anilines is 1. The Hall–Kier alpha value is -3.86. The van der Waals surface area contributed by atoms with Gasteiger partial charge in [0.05, 0.1) is 12.1 Å². The summed E-state index contributed by atoms with van der Waals surface area (Å²) in [6.45, 7) is 2.17. The number of carbonyl (C=O) groups excluding carboxylic acids is 2. The second-order valence-electron chi connectivity index (χ2n) is 7.09.